The van der Waals surface area contributed by atoms with Crippen LogP contribution >= 0.6 is 11.8 Å². The summed E-state index contributed by atoms with van der Waals surface area (Å²) >= 11 is 1.28. The average Bonchev–Trinajstić information content (AvgIpc) is 3.50. The molecule has 1 aliphatic carbocycles. The van der Waals surface area contributed by atoms with Crippen molar-refractivity contribution in [1.29, 1.82) is 0 Å². The first-order valence-corrected chi connectivity index (χ1v) is 10.1. The molecule has 0 unspecified atom stereocenters. The highest BCUT2D eigenvalue weighted by Crippen LogP contribution is 2.35. The molecule has 7 heteroatoms. The molecule has 2 aromatic carbocycles. The number of nitrogens with one attached hydrogen (secondary N) is 1. The van der Waals surface area contributed by atoms with E-state index in [0.29, 0.717) is 21.6 Å². The summed E-state index contributed by atoms with van der Waals surface area (Å²) < 4.78 is 10.8. The van der Waals surface area contributed by atoms with Gasteiger partial charge in [-0.1, -0.05) is 24.3 Å². The third-order valence-electron chi connectivity index (χ3n) is 4.60. The standard InChI is InChI=1S/C22H20N2O4S/c1-13-5-3-4-6-16(13)23-22-24-20(25)19(29-22)12-14-7-10-17(18(11-14)27-2)28-21(26)15-8-9-15/h3-7,10-12,15H,8-9H2,1-2H3,(H,23,24,25)/b19-12-. The lowest BCUT2D eigenvalue weighted by Crippen LogP contribution is -2.19. The van der Waals surface area contributed by atoms with E-state index in [9.17, 15) is 9.59 Å². The van der Waals surface area contributed by atoms with Crippen LogP contribution in [0.5, 0.6) is 11.5 Å². The Morgan fingerprint density at radius 2 is 2.00 bits per heavy atom. The highest BCUT2D eigenvalue weighted by atomic mass is 32.2. The van der Waals surface area contributed by atoms with Crippen LogP contribution in [0.1, 0.15) is 24.0 Å². The number of nitrogens with zero attached hydrogens (tertiary/aromatic N) is 1. The van der Waals surface area contributed by atoms with Crippen molar-refractivity contribution < 1.29 is 19.1 Å². The second kappa shape index (κ2) is 8.13. The van der Waals surface area contributed by atoms with Crippen LogP contribution in [-0.2, 0) is 9.59 Å². The number of aliphatic imine (C=N–C) groups is 1. The molecule has 1 saturated heterocycles. The average molecular weight is 408 g/mol. The fourth-order valence-corrected chi connectivity index (χ4v) is 3.63. The van der Waals surface area contributed by atoms with Gasteiger partial charge in [0.25, 0.3) is 5.91 Å². The van der Waals surface area contributed by atoms with Gasteiger partial charge in [-0.15, -0.1) is 0 Å². The first-order valence-electron chi connectivity index (χ1n) is 9.28. The van der Waals surface area contributed by atoms with Gasteiger partial charge in [-0.25, -0.2) is 4.99 Å². The summed E-state index contributed by atoms with van der Waals surface area (Å²) in [6.45, 7) is 1.97. The number of ether oxygens (including phenoxy) is 2. The van der Waals surface area contributed by atoms with Crippen molar-refractivity contribution in [3.63, 3.8) is 0 Å². The maximum Gasteiger partial charge on any atom is 0.314 e. The van der Waals surface area contributed by atoms with Gasteiger partial charge >= 0.3 is 5.97 Å². The zero-order valence-corrected chi connectivity index (χ0v) is 16.9. The fourth-order valence-electron chi connectivity index (χ4n) is 2.80. The molecule has 6 nitrogen and oxygen atoms in total. The third kappa shape index (κ3) is 4.51. The lowest BCUT2D eigenvalue weighted by atomic mass is 10.2. The van der Waals surface area contributed by atoms with Crippen LogP contribution in [0.2, 0.25) is 0 Å². The topological polar surface area (TPSA) is 77.0 Å². The number of hydrogen-bond acceptors (Lipinski definition) is 6. The summed E-state index contributed by atoms with van der Waals surface area (Å²) in [6.07, 6.45) is 3.52. The van der Waals surface area contributed by atoms with Crippen molar-refractivity contribution >= 4 is 40.6 Å². The van der Waals surface area contributed by atoms with Crippen LogP contribution in [0.25, 0.3) is 6.08 Å². The lowest BCUT2D eigenvalue weighted by Gasteiger charge is -2.09. The van der Waals surface area contributed by atoms with Crippen LogP contribution in [0.3, 0.4) is 0 Å². The molecule has 0 atom stereocenters. The number of carbonyl (C=O) groups excluding carboxylic acids is 2. The van der Waals surface area contributed by atoms with E-state index in [1.54, 1.807) is 24.3 Å². The van der Waals surface area contributed by atoms with Gasteiger partial charge < -0.3 is 14.8 Å². The molecule has 4 rings (SSSR count). The Kier molecular flexibility index (Phi) is 5.40. The fraction of sp³-hybridized carbons (Fsp3) is 0.227. The summed E-state index contributed by atoms with van der Waals surface area (Å²) in [7, 11) is 1.52. The molecular formula is C22H20N2O4S. The van der Waals surface area contributed by atoms with Gasteiger partial charge in [0.1, 0.15) is 0 Å². The number of hydrogen-bond donors (Lipinski definition) is 1. The van der Waals surface area contributed by atoms with E-state index < -0.39 is 0 Å². The van der Waals surface area contributed by atoms with Crippen LogP contribution < -0.4 is 14.8 Å². The quantitative estimate of drug-likeness (QED) is 0.456. The van der Waals surface area contributed by atoms with Crippen molar-refractivity contribution in [2.45, 2.75) is 19.8 Å². The number of para-hydroxylation sites is 1. The predicted molar refractivity (Wildman–Crippen MR) is 113 cm³/mol. The van der Waals surface area contributed by atoms with E-state index in [1.165, 1.54) is 18.9 Å². The number of thioether (sulfide) groups is 1. The van der Waals surface area contributed by atoms with E-state index in [1.807, 2.05) is 31.2 Å². The predicted octanol–water partition coefficient (Wildman–Crippen LogP) is 4.21. The minimum absolute atomic E-state index is 0.00560. The molecule has 2 aromatic rings. The molecule has 148 valence electrons. The van der Waals surface area contributed by atoms with E-state index in [0.717, 1.165) is 29.7 Å². The minimum Gasteiger partial charge on any atom is -0.493 e. The van der Waals surface area contributed by atoms with Gasteiger partial charge in [0.15, 0.2) is 16.7 Å². The Morgan fingerprint density at radius 3 is 2.72 bits per heavy atom. The van der Waals surface area contributed by atoms with E-state index >= 15 is 0 Å². The number of esters is 1. The summed E-state index contributed by atoms with van der Waals surface area (Å²) in [5.41, 5.74) is 2.62. The monoisotopic (exact) mass is 408 g/mol. The Labute approximate surface area is 173 Å². The van der Waals surface area contributed by atoms with Crippen molar-refractivity contribution in [3.8, 4) is 11.5 Å². The molecule has 1 N–H and O–H groups in total. The van der Waals surface area contributed by atoms with Gasteiger partial charge in [0.05, 0.1) is 23.6 Å². The van der Waals surface area contributed by atoms with Crippen molar-refractivity contribution in [1.82, 2.24) is 5.32 Å². The summed E-state index contributed by atoms with van der Waals surface area (Å²) in [5.74, 6) is 0.413. The van der Waals surface area contributed by atoms with Crippen LogP contribution in [0, 0.1) is 12.8 Å². The maximum absolute atomic E-state index is 12.3. The van der Waals surface area contributed by atoms with Gasteiger partial charge in [-0.2, -0.15) is 0 Å². The Balaban J connectivity index is 1.53. The Bertz CT molecular complexity index is 1040. The normalized spacial score (nSPS) is 18.8. The second-order valence-corrected chi connectivity index (χ2v) is 7.90. The minimum atomic E-state index is -0.225. The largest absolute Gasteiger partial charge is 0.493 e. The van der Waals surface area contributed by atoms with Crippen molar-refractivity contribution in [3.05, 3.63) is 58.5 Å². The highest BCUT2D eigenvalue weighted by Gasteiger charge is 2.32. The number of benzene rings is 2. The number of methoxy groups -OCH3 is 1. The second-order valence-electron chi connectivity index (χ2n) is 6.87. The van der Waals surface area contributed by atoms with Gasteiger partial charge in [0.2, 0.25) is 0 Å². The maximum atomic E-state index is 12.3. The smallest absolute Gasteiger partial charge is 0.314 e. The number of amides is 1. The molecule has 1 heterocycles. The molecule has 0 spiro atoms. The first kappa shape index (κ1) is 19.3. The Morgan fingerprint density at radius 1 is 1.21 bits per heavy atom. The summed E-state index contributed by atoms with van der Waals surface area (Å²) in [4.78, 5) is 29.3. The zero-order chi connectivity index (χ0) is 20.4. The SMILES string of the molecule is COc1cc(/C=C2\SC(=Nc3ccccc3C)NC2=O)ccc1OC(=O)C1CC1. The zero-order valence-electron chi connectivity index (χ0n) is 16.1. The molecule has 0 aromatic heterocycles. The van der Waals surface area contributed by atoms with Crippen LogP contribution in [-0.4, -0.2) is 24.2 Å². The number of carbonyl (C=O) groups is 2. The molecular weight excluding hydrogens is 388 g/mol. The molecule has 0 bridgehead atoms. The van der Waals surface area contributed by atoms with Crippen LogP contribution in [0.15, 0.2) is 52.4 Å². The molecule has 2 fully saturated rings. The van der Waals surface area contributed by atoms with Gasteiger partial charge in [-0.05, 0) is 66.9 Å². The van der Waals surface area contributed by atoms with Crippen molar-refractivity contribution in [2.75, 3.05) is 7.11 Å². The summed E-state index contributed by atoms with van der Waals surface area (Å²) in [6, 6.07) is 13.0. The molecule has 2 aliphatic rings. The first-order chi connectivity index (χ1) is 14.0. The van der Waals surface area contributed by atoms with E-state index in [2.05, 4.69) is 10.3 Å². The Hall–Kier alpha value is -3.06. The summed E-state index contributed by atoms with van der Waals surface area (Å²) in [5, 5.41) is 3.33. The molecule has 1 saturated carbocycles. The number of amidine groups is 1. The molecule has 0 radical (unpaired) electrons. The van der Waals surface area contributed by atoms with Gasteiger partial charge in [0, 0.05) is 0 Å². The number of aryl methyl sites for hydroxylation is 1. The lowest BCUT2D eigenvalue weighted by molar-refractivity contribution is -0.135. The van der Waals surface area contributed by atoms with Crippen LogP contribution in [0.4, 0.5) is 5.69 Å². The molecule has 29 heavy (non-hydrogen) atoms. The molecule has 1 amide bonds. The number of rotatable bonds is 5. The molecule has 1 aliphatic heterocycles. The third-order valence-corrected chi connectivity index (χ3v) is 5.50. The van der Waals surface area contributed by atoms with E-state index in [-0.39, 0.29) is 17.8 Å². The highest BCUT2D eigenvalue weighted by molar-refractivity contribution is 8.18. The van der Waals surface area contributed by atoms with Gasteiger partial charge in [-0.3, -0.25) is 9.59 Å². The van der Waals surface area contributed by atoms with E-state index in [4.69, 9.17) is 9.47 Å². The van der Waals surface area contributed by atoms with Crippen molar-refractivity contribution in [2.24, 2.45) is 10.9 Å².